The van der Waals surface area contributed by atoms with Crippen molar-refractivity contribution < 1.29 is 17.6 Å². The Morgan fingerprint density at radius 1 is 1.50 bits per heavy atom. The van der Waals surface area contributed by atoms with E-state index in [0.29, 0.717) is 12.2 Å². The summed E-state index contributed by atoms with van der Waals surface area (Å²) in [6.07, 6.45) is -1.79. The SMILES string of the molecule is CC(Cc1ccco1)NC1(C(F)(F)F)CC1. The molecule has 1 aliphatic carbocycles. The van der Waals surface area contributed by atoms with Crippen LogP contribution in [0.5, 0.6) is 0 Å². The molecule has 2 rings (SSSR count). The standard InChI is InChI=1S/C11H14F3NO/c1-8(7-9-3-2-6-16-9)15-10(4-5-10)11(12,13)14/h2-3,6,8,15H,4-5,7H2,1H3. The van der Waals surface area contributed by atoms with Crippen LogP contribution >= 0.6 is 0 Å². The average Bonchev–Trinajstić information content (AvgIpc) is 2.75. The Morgan fingerprint density at radius 3 is 2.62 bits per heavy atom. The molecule has 1 unspecified atom stereocenters. The number of hydrogen-bond donors (Lipinski definition) is 1. The highest BCUT2D eigenvalue weighted by Gasteiger charge is 2.63. The Kier molecular flexibility index (Phi) is 2.74. The molecule has 1 N–H and O–H groups in total. The van der Waals surface area contributed by atoms with Gasteiger partial charge in [-0.25, -0.2) is 0 Å². The number of nitrogens with one attached hydrogen (secondary N) is 1. The molecule has 1 aromatic rings. The minimum absolute atomic E-state index is 0.180. The van der Waals surface area contributed by atoms with Gasteiger partial charge in [0.1, 0.15) is 11.3 Å². The van der Waals surface area contributed by atoms with Gasteiger partial charge in [-0.3, -0.25) is 0 Å². The van der Waals surface area contributed by atoms with Crippen molar-refractivity contribution in [2.75, 3.05) is 0 Å². The summed E-state index contributed by atoms with van der Waals surface area (Å²) >= 11 is 0. The van der Waals surface area contributed by atoms with Crippen LogP contribution in [0.2, 0.25) is 0 Å². The molecule has 0 radical (unpaired) electrons. The summed E-state index contributed by atoms with van der Waals surface area (Å²) < 4.78 is 43.1. The highest BCUT2D eigenvalue weighted by Crippen LogP contribution is 2.49. The molecule has 0 spiro atoms. The fourth-order valence-corrected chi connectivity index (χ4v) is 1.89. The summed E-state index contributed by atoms with van der Waals surface area (Å²) in [6, 6.07) is 3.26. The van der Waals surface area contributed by atoms with Crippen LogP contribution in [-0.2, 0) is 6.42 Å². The highest BCUT2D eigenvalue weighted by molar-refractivity contribution is 5.10. The van der Waals surface area contributed by atoms with Crippen molar-refractivity contribution in [3.05, 3.63) is 24.2 Å². The summed E-state index contributed by atoms with van der Waals surface area (Å²) in [7, 11) is 0. The quantitative estimate of drug-likeness (QED) is 0.865. The fourth-order valence-electron chi connectivity index (χ4n) is 1.89. The fraction of sp³-hybridized carbons (Fsp3) is 0.636. The number of rotatable bonds is 4. The van der Waals surface area contributed by atoms with Crippen LogP contribution in [-0.4, -0.2) is 17.8 Å². The number of hydrogen-bond acceptors (Lipinski definition) is 2. The van der Waals surface area contributed by atoms with Gasteiger partial charge in [-0.15, -0.1) is 0 Å². The first-order valence-corrected chi connectivity index (χ1v) is 5.30. The molecule has 5 heteroatoms. The minimum Gasteiger partial charge on any atom is -0.469 e. The van der Waals surface area contributed by atoms with Crippen molar-refractivity contribution in [3.8, 4) is 0 Å². The van der Waals surface area contributed by atoms with E-state index in [2.05, 4.69) is 5.32 Å². The zero-order chi connectivity index (χ0) is 11.8. The third-order valence-electron chi connectivity index (χ3n) is 2.90. The van der Waals surface area contributed by atoms with Gasteiger partial charge in [0.15, 0.2) is 0 Å². The zero-order valence-electron chi connectivity index (χ0n) is 8.97. The van der Waals surface area contributed by atoms with Crippen molar-refractivity contribution >= 4 is 0 Å². The van der Waals surface area contributed by atoms with Gasteiger partial charge in [0.05, 0.1) is 6.26 Å². The smallest absolute Gasteiger partial charge is 0.406 e. The van der Waals surface area contributed by atoms with Gasteiger partial charge < -0.3 is 9.73 Å². The van der Waals surface area contributed by atoms with Crippen molar-refractivity contribution in [3.63, 3.8) is 0 Å². The summed E-state index contributed by atoms with van der Waals surface area (Å²) in [4.78, 5) is 0. The van der Waals surface area contributed by atoms with E-state index in [0.717, 1.165) is 0 Å². The van der Waals surface area contributed by atoms with Gasteiger partial charge in [-0.1, -0.05) is 0 Å². The Bertz CT molecular complexity index is 341. The lowest BCUT2D eigenvalue weighted by Gasteiger charge is -2.24. The van der Waals surface area contributed by atoms with Crippen molar-refractivity contribution in [1.82, 2.24) is 5.32 Å². The van der Waals surface area contributed by atoms with Gasteiger partial charge in [0, 0.05) is 12.5 Å². The number of furan rings is 1. The lowest BCUT2D eigenvalue weighted by atomic mass is 10.1. The summed E-state index contributed by atoms with van der Waals surface area (Å²) in [5.41, 5.74) is -1.64. The molecule has 1 aromatic heterocycles. The molecule has 1 fully saturated rings. The largest absolute Gasteiger partial charge is 0.469 e. The number of alkyl halides is 3. The van der Waals surface area contributed by atoms with Crippen LogP contribution in [0.4, 0.5) is 13.2 Å². The molecule has 1 saturated carbocycles. The molecule has 1 aliphatic rings. The van der Waals surface area contributed by atoms with E-state index >= 15 is 0 Å². The molecule has 0 saturated heterocycles. The molecule has 1 atom stereocenters. The van der Waals surface area contributed by atoms with Gasteiger partial charge in [0.2, 0.25) is 0 Å². The van der Waals surface area contributed by atoms with Crippen molar-refractivity contribution in [2.45, 2.75) is 43.9 Å². The predicted molar refractivity (Wildman–Crippen MR) is 53.0 cm³/mol. The topological polar surface area (TPSA) is 25.2 Å². The van der Waals surface area contributed by atoms with E-state index in [4.69, 9.17) is 4.42 Å². The third kappa shape index (κ3) is 2.24. The van der Waals surface area contributed by atoms with E-state index < -0.39 is 11.7 Å². The molecule has 0 aliphatic heterocycles. The van der Waals surface area contributed by atoms with E-state index in [1.165, 1.54) is 6.26 Å². The van der Waals surface area contributed by atoms with Crippen LogP contribution in [0.25, 0.3) is 0 Å². The normalized spacial score (nSPS) is 20.8. The molecule has 0 aromatic carbocycles. The van der Waals surface area contributed by atoms with Crippen LogP contribution in [0.3, 0.4) is 0 Å². The first kappa shape index (κ1) is 11.5. The Balaban J connectivity index is 1.91. The van der Waals surface area contributed by atoms with E-state index in [-0.39, 0.29) is 18.9 Å². The monoisotopic (exact) mass is 233 g/mol. The maximum atomic E-state index is 12.6. The van der Waals surface area contributed by atoms with E-state index in [1.54, 1.807) is 19.1 Å². The second kappa shape index (κ2) is 3.80. The molecule has 2 nitrogen and oxygen atoms in total. The molecule has 1 heterocycles. The number of halogens is 3. The first-order chi connectivity index (χ1) is 7.43. The molecular formula is C11H14F3NO. The average molecular weight is 233 g/mol. The highest BCUT2D eigenvalue weighted by atomic mass is 19.4. The molecule has 16 heavy (non-hydrogen) atoms. The van der Waals surface area contributed by atoms with E-state index in [1.807, 2.05) is 0 Å². The van der Waals surface area contributed by atoms with Crippen LogP contribution in [0.1, 0.15) is 25.5 Å². The lowest BCUT2D eigenvalue weighted by Crippen LogP contribution is -2.49. The van der Waals surface area contributed by atoms with Gasteiger partial charge in [-0.05, 0) is 31.9 Å². The summed E-state index contributed by atoms with van der Waals surface area (Å²) in [5.74, 6) is 0.706. The minimum atomic E-state index is -4.15. The summed E-state index contributed by atoms with van der Waals surface area (Å²) in [5, 5.41) is 2.66. The third-order valence-corrected chi connectivity index (χ3v) is 2.90. The Labute approximate surface area is 91.8 Å². The maximum Gasteiger partial charge on any atom is 0.406 e. The molecular weight excluding hydrogens is 219 g/mol. The van der Waals surface area contributed by atoms with Gasteiger partial charge >= 0.3 is 6.18 Å². The van der Waals surface area contributed by atoms with Crippen LogP contribution in [0, 0.1) is 0 Å². The molecule has 90 valence electrons. The van der Waals surface area contributed by atoms with Crippen molar-refractivity contribution in [2.24, 2.45) is 0 Å². The Morgan fingerprint density at radius 2 is 2.19 bits per heavy atom. The maximum absolute atomic E-state index is 12.6. The Hall–Kier alpha value is -0.970. The predicted octanol–water partition coefficient (Wildman–Crippen LogP) is 2.90. The lowest BCUT2D eigenvalue weighted by molar-refractivity contribution is -0.167. The van der Waals surface area contributed by atoms with Gasteiger partial charge in [-0.2, -0.15) is 13.2 Å². The second-order valence-corrected chi connectivity index (χ2v) is 4.41. The second-order valence-electron chi connectivity index (χ2n) is 4.41. The molecule has 0 amide bonds. The van der Waals surface area contributed by atoms with Crippen LogP contribution < -0.4 is 5.32 Å². The van der Waals surface area contributed by atoms with E-state index in [9.17, 15) is 13.2 Å². The van der Waals surface area contributed by atoms with Gasteiger partial charge in [0.25, 0.3) is 0 Å². The zero-order valence-corrected chi connectivity index (χ0v) is 8.97. The van der Waals surface area contributed by atoms with Crippen molar-refractivity contribution in [1.29, 1.82) is 0 Å². The first-order valence-electron chi connectivity index (χ1n) is 5.30. The molecule has 0 bridgehead atoms. The van der Waals surface area contributed by atoms with Crippen LogP contribution in [0.15, 0.2) is 22.8 Å². The summed E-state index contributed by atoms with van der Waals surface area (Å²) in [6.45, 7) is 1.74.